The van der Waals surface area contributed by atoms with E-state index in [0.717, 1.165) is 27.8 Å². The van der Waals surface area contributed by atoms with Crippen molar-refractivity contribution in [3.63, 3.8) is 0 Å². The summed E-state index contributed by atoms with van der Waals surface area (Å²) in [5, 5.41) is 10.3. The number of anilines is 1. The molecule has 0 aliphatic heterocycles. The fourth-order valence-corrected chi connectivity index (χ4v) is 2.13. The summed E-state index contributed by atoms with van der Waals surface area (Å²) in [5.41, 5.74) is 4.52. The summed E-state index contributed by atoms with van der Waals surface area (Å²) in [6.45, 7) is 3.93. The molecule has 0 saturated heterocycles. The number of aromatic nitrogens is 1. The van der Waals surface area contributed by atoms with Gasteiger partial charge in [-0.3, -0.25) is 4.98 Å². The Kier molecular flexibility index (Phi) is 2.72. The molecule has 0 fully saturated rings. The molecule has 2 rings (SSSR count). The van der Waals surface area contributed by atoms with Gasteiger partial charge in [-0.2, -0.15) is 5.26 Å². The standard InChI is InChI=1S/C14H15N3/c1-9-6-5-7-11-13(9)16-10(2)12(8-15)14(11)17(3)4/h5-7H,1-4H3. The number of rotatable bonds is 1. The van der Waals surface area contributed by atoms with Gasteiger partial charge in [-0.1, -0.05) is 18.2 Å². The highest BCUT2D eigenvalue weighted by Crippen LogP contribution is 2.31. The monoisotopic (exact) mass is 225 g/mol. The highest BCUT2D eigenvalue weighted by Gasteiger charge is 2.14. The molecule has 0 bridgehead atoms. The van der Waals surface area contributed by atoms with Gasteiger partial charge in [0.15, 0.2) is 0 Å². The molecule has 0 radical (unpaired) electrons. The van der Waals surface area contributed by atoms with Gasteiger partial charge in [-0.15, -0.1) is 0 Å². The second kappa shape index (κ2) is 4.06. The van der Waals surface area contributed by atoms with E-state index in [4.69, 9.17) is 0 Å². The minimum atomic E-state index is 0.660. The molecule has 1 heterocycles. The van der Waals surface area contributed by atoms with Crippen LogP contribution in [0.2, 0.25) is 0 Å². The zero-order chi connectivity index (χ0) is 12.6. The maximum atomic E-state index is 9.26. The van der Waals surface area contributed by atoms with Crippen LogP contribution in [-0.4, -0.2) is 19.1 Å². The average Bonchev–Trinajstić information content (AvgIpc) is 2.28. The number of aryl methyl sites for hydroxylation is 2. The molecular formula is C14H15N3. The van der Waals surface area contributed by atoms with Crippen molar-refractivity contribution in [2.24, 2.45) is 0 Å². The minimum Gasteiger partial charge on any atom is -0.376 e. The Morgan fingerprint density at radius 3 is 2.53 bits per heavy atom. The minimum absolute atomic E-state index is 0.660. The van der Waals surface area contributed by atoms with Crippen LogP contribution >= 0.6 is 0 Å². The number of para-hydroxylation sites is 1. The molecule has 3 nitrogen and oxygen atoms in total. The largest absolute Gasteiger partial charge is 0.376 e. The van der Waals surface area contributed by atoms with Crippen LogP contribution < -0.4 is 4.90 Å². The molecule has 0 saturated carbocycles. The van der Waals surface area contributed by atoms with E-state index in [0.29, 0.717) is 5.56 Å². The first kappa shape index (κ1) is 11.4. The van der Waals surface area contributed by atoms with E-state index in [1.54, 1.807) is 0 Å². The summed E-state index contributed by atoms with van der Waals surface area (Å²) in [4.78, 5) is 6.52. The number of benzene rings is 1. The van der Waals surface area contributed by atoms with E-state index in [1.165, 1.54) is 0 Å². The smallest absolute Gasteiger partial charge is 0.103 e. The van der Waals surface area contributed by atoms with E-state index >= 15 is 0 Å². The molecule has 0 unspecified atom stereocenters. The zero-order valence-corrected chi connectivity index (χ0v) is 10.6. The van der Waals surface area contributed by atoms with Crippen LogP contribution in [0.4, 0.5) is 5.69 Å². The number of pyridine rings is 1. The lowest BCUT2D eigenvalue weighted by atomic mass is 10.0. The van der Waals surface area contributed by atoms with Gasteiger partial charge < -0.3 is 4.90 Å². The van der Waals surface area contributed by atoms with Gasteiger partial charge in [-0.25, -0.2) is 0 Å². The van der Waals surface area contributed by atoms with Crippen molar-refractivity contribution in [2.45, 2.75) is 13.8 Å². The van der Waals surface area contributed by atoms with Crippen molar-refractivity contribution < 1.29 is 0 Å². The van der Waals surface area contributed by atoms with Crippen LogP contribution in [0.25, 0.3) is 10.9 Å². The zero-order valence-electron chi connectivity index (χ0n) is 10.6. The quantitative estimate of drug-likeness (QED) is 0.749. The molecule has 0 spiro atoms. The Balaban J connectivity index is 3.00. The maximum Gasteiger partial charge on any atom is 0.103 e. The Bertz CT molecular complexity index is 621. The highest BCUT2D eigenvalue weighted by atomic mass is 15.1. The van der Waals surface area contributed by atoms with Crippen LogP contribution in [0.15, 0.2) is 18.2 Å². The van der Waals surface area contributed by atoms with Gasteiger partial charge in [0.25, 0.3) is 0 Å². The van der Waals surface area contributed by atoms with Gasteiger partial charge in [-0.05, 0) is 19.4 Å². The lowest BCUT2D eigenvalue weighted by molar-refractivity contribution is 1.11. The molecular weight excluding hydrogens is 210 g/mol. The second-order valence-electron chi connectivity index (χ2n) is 4.40. The third kappa shape index (κ3) is 1.72. The van der Waals surface area contributed by atoms with E-state index in [2.05, 4.69) is 11.1 Å². The van der Waals surface area contributed by atoms with Gasteiger partial charge in [0, 0.05) is 19.5 Å². The molecule has 86 valence electrons. The number of nitriles is 1. The Morgan fingerprint density at radius 1 is 1.24 bits per heavy atom. The first-order valence-electron chi connectivity index (χ1n) is 5.53. The van der Waals surface area contributed by atoms with Crippen molar-refractivity contribution in [2.75, 3.05) is 19.0 Å². The lowest BCUT2D eigenvalue weighted by Gasteiger charge is -2.18. The molecule has 17 heavy (non-hydrogen) atoms. The normalized spacial score (nSPS) is 10.3. The lowest BCUT2D eigenvalue weighted by Crippen LogP contribution is -2.13. The van der Waals surface area contributed by atoms with Crippen LogP contribution in [0.1, 0.15) is 16.8 Å². The third-order valence-corrected chi connectivity index (χ3v) is 2.93. The fraction of sp³-hybridized carbons (Fsp3) is 0.286. The van der Waals surface area contributed by atoms with Gasteiger partial charge >= 0.3 is 0 Å². The summed E-state index contributed by atoms with van der Waals surface area (Å²) in [5.74, 6) is 0. The molecule has 0 aliphatic carbocycles. The van der Waals surface area contributed by atoms with E-state index in [-0.39, 0.29) is 0 Å². The Morgan fingerprint density at radius 2 is 1.94 bits per heavy atom. The maximum absolute atomic E-state index is 9.26. The first-order valence-corrected chi connectivity index (χ1v) is 5.53. The molecule has 2 aromatic rings. The average molecular weight is 225 g/mol. The van der Waals surface area contributed by atoms with Crippen LogP contribution in [0, 0.1) is 25.2 Å². The SMILES string of the molecule is Cc1nc2c(C)cccc2c(N(C)C)c1C#N. The number of hydrogen-bond donors (Lipinski definition) is 0. The Labute approximate surface area is 101 Å². The second-order valence-corrected chi connectivity index (χ2v) is 4.40. The van der Waals surface area contributed by atoms with Crippen molar-refractivity contribution in [1.29, 1.82) is 5.26 Å². The topological polar surface area (TPSA) is 39.9 Å². The highest BCUT2D eigenvalue weighted by molar-refractivity contribution is 5.96. The summed E-state index contributed by atoms with van der Waals surface area (Å²) in [7, 11) is 3.91. The third-order valence-electron chi connectivity index (χ3n) is 2.93. The fourth-order valence-electron chi connectivity index (χ4n) is 2.13. The molecule has 0 aliphatic rings. The molecule has 0 N–H and O–H groups in total. The van der Waals surface area contributed by atoms with Gasteiger partial charge in [0.1, 0.15) is 6.07 Å². The van der Waals surface area contributed by atoms with Gasteiger partial charge in [0.2, 0.25) is 0 Å². The summed E-state index contributed by atoms with van der Waals surface area (Å²) >= 11 is 0. The predicted octanol–water partition coefficient (Wildman–Crippen LogP) is 2.79. The predicted molar refractivity (Wildman–Crippen MR) is 70.3 cm³/mol. The molecule has 3 heteroatoms. The molecule has 0 atom stereocenters. The van der Waals surface area contributed by atoms with Crippen LogP contribution in [-0.2, 0) is 0 Å². The van der Waals surface area contributed by atoms with Crippen molar-refractivity contribution in [3.8, 4) is 6.07 Å². The first-order chi connectivity index (χ1) is 8.06. The molecule has 1 aromatic carbocycles. The van der Waals surface area contributed by atoms with Crippen molar-refractivity contribution in [1.82, 2.24) is 4.98 Å². The number of hydrogen-bond acceptors (Lipinski definition) is 3. The summed E-state index contributed by atoms with van der Waals surface area (Å²) < 4.78 is 0. The van der Waals surface area contributed by atoms with E-state index in [1.807, 2.05) is 51.0 Å². The van der Waals surface area contributed by atoms with Crippen LogP contribution in [0.3, 0.4) is 0 Å². The van der Waals surface area contributed by atoms with Crippen molar-refractivity contribution >= 4 is 16.6 Å². The van der Waals surface area contributed by atoms with Crippen molar-refractivity contribution in [3.05, 3.63) is 35.0 Å². The number of nitrogens with zero attached hydrogens (tertiary/aromatic N) is 3. The Hall–Kier alpha value is -2.08. The number of fused-ring (bicyclic) bond motifs is 1. The van der Waals surface area contributed by atoms with E-state index in [9.17, 15) is 5.26 Å². The summed E-state index contributed by atoms with van der Waals surface area (Å²) in [6.07, 6.45) is 0. The summed E-state index contributed by atoms with van der Waals surface area (Å²) in [6, 6.07) is 8.32. The molecule has 0 amide bonds. The van der Waals surface area contributed by atoms with Gasteiger partial charge in [0.05, 0.1) is 22.5 Å². The molecule has 1 aromatic heterocycles. The van der Waals surface area contributed by atoms with E-state index < -0.39 is 0 Å². The van der Waals surface area contributed by atoms with Crippen LogP contribution in [0.5, 0.6) is 0 Å².